The monoisotopic (exact) mass is 312 g/mol. The zero-order valence-electron chi connectivity index (χ0n) is 13.4. The molecule has 3 aromatic rings. The molecule has 0 bridgehead atoms. The molecule has 0 aliphatic heterocycles. The Morgan fingerprint density at radius 3 is 2.87 bits per heavy atom. The van der Waals surface area contributed by atoms with Gasteiger partial charge in [-0.25, -0.2) is 4.98 Å². The minimum absolute atomic E-state index is 0.191. The molecular weight excluding hydrogens is 292 g/mol. The first-order chi connectivity index (χ1) is 11.0. The van der Waals surface area contributed by atoms with Crippen LogP contribution in [0.15, 0.2) is 30.7 Å². The van der Waals surface area contributed by atoms with E-state index < -0.39 is 6.04 Å². The van der Waals surface area contributed by atoms with Crippen LogP contribution in [0.4, 0.5) is 0 Å². The van der Waals surface area contributed by atoms with Gasteiger partial charge in [-0.3, -0.25) is 4.79 Å². The first-order valence-corrected chi connectivity index (χ1v) is 7.48. The number of nitrogens with zero attached hydrogens (tertiary/aromatic N) is 2. The topological polar surface area (TPSA) is 82.9 Å². The normalized spacial score (nSPS) is 12.5. The van der Waals surface area contributed by atoms with Crippen molar-refractivity contribution in [2.24, 2.45) is 7.05 Å². The van der Waals surface area contributed by atoms with E-state index in [9.17, 15) is 9.90 Å². The van der Waals surface area contributed by atoms with Crippen molar-refractivity contribution in [1.82, 2.24) is 19.9 Å². The number of aromatic amines is 1. The zero-order chi connectivity index (χ0) is 16.6. The van der Waals surface area contributed by atoms with Gasteiger partial charge in [-0.2, -0.15) is 0 Å². The van der Waals surface area contributed by atoms with E-state index >= 15 is 0 Å². The predicted molar refractivity (Wildman–Crippen MR) is 88.3 cm³/mol. The number of aliphatic hydroxyl groups excluding tert-OH is 1. The largest absolute Gasteiger partial charge is 0.394 e. The fraction of sp³-hybridized carbons (Fsp3) is 0.294. The van der Waals surface area contributed by atoms with Gasteiger partial charge in [-0.05, 0) is 37.1 Å². The van der Waals surface area contributed by atoms with Gasteiger partial charge in [0, 0.05) is 18.0 Å². The summed E-state index contributed by atoms with van der Waals surface area (Å²) >= 11 is 0. The molecule has 0 spiro atoms. The van der Waals surface area contributed by atoms with Crippen molar-refractivity contribution in [2.75, 3.05) is 6.61 Å². The molecular formula is C17H20N4O2. The molecule has 0 saturated heterocycles. The number of hydrogen-bond acceptors (Lipinski definition) is 3. The van der Waals surface area contributed by atoms with Gasteiger partial charge < -0.3 is 20.0 Å². The number of aliphatic hydroxyl groups is 1. The molecule has 0 saturated carbocycles. The Hall–Kier alpha value is -2.60. The molecule has 0 fully saturated rings. The molecule has 120 valence electrons. The lowest BCUT2D eigenvalue weighted by atomic mass is 10.1. The summed E-state index contributed by atoms with van der Waals surface area (Å²) in [6, 6.07) is 5.36. The maximum absolute atomic E-state index is 12.5. The summed E-state index contributed by atoms with van der Waals surface area (Å²) in [5, 5.41) is 13.5. The molecule has 6 nitrogen and oxygen atoms in total. The van der Waals surface area contributed by atoms with Crippen LogP contribution in [0, 0.1) is 13.8 Å². The highest BCUT2D eigenvalue weighted by Crippen LogP contribution is 2.22. The minimum atomic E-state index is -0.496. The van der Waals surface area contributed by atoms with Gasteiger partial charge in [-0.1, -0.05) is 6.07 Å². The molecule has 6 heteroatoms. The van der Waals surface area contributed by atoms with Gasteiger partial charge in [0.25, 0.3) is 5.91 Å². The summed E-state index contributed by atoms with van der Waals surface area (Å²) in [5.41, 5.74) is 4.51. The van der Waals surface area contributed by atoms with Crippen LogP contribution in [0.5, 0.6) is 0 Å². The Kier molecular flexibility index (Phi) is 3.92. The molecule has 0 radical (unpaired) electrons. The van der Waals surface area contributed by atoms with E-state index in [1.807, 2.05) is 39.1 Å². The van der Waals surface area contributed by atoms with Crippen LogP contribution in [-0.2, 0) is 7.05 Å². The summed E-state index contributed by atoms with van der Waals surface area (Å²) in [5.74, 6) is -0.251. The summed E-state index contributed by atoms with van der Waals surface area (Å²) in [7, 11) is 1.83. The quantitative estimate of drug-likeness (QED) is 0.689. The number of imidazole rings is 1. The third-order valence-corrected chi connectivity index (χ3v) is 4.29. The van der Waals surface area contributed by atoms with Crippen LogP contribution >= 0.6 is 0 Å². The molecule has 0 aliphatic rings. The maximum atomic E-state index is 12.5. The molecule has 0 aliphatic carbocycles. The number of carbonyl (C=O) groups is 1. The average Bonchev–Trinajstić information content (AvgIpc) is 3.15. The number of benzene rings is 1. The number of hydrogen-bond donors (Lipinski definition) is 3. The Morgan fingerprint density at radius 2 is 2.22 bits per heavy atom. The van der Waals surface area contributed by atoms with E-state index in [4.69, 9.17) is 0 Å². The molecule has 3 rings (SSSR count). The highest BCUT2D eigenvalue weighted by molar-refractivity contribution is 5.99. The predicted octanol–water partition coefficient (Wildman–Crippen LogP) is 1.98. The SMILES string of the molecule is Cc1ccc2[nH]c(C(=O)N[C@@H](CO)c3cncn3C)cc2c1C. The minimum Gasteiger partial charge on any atom is -0.394 e. The first kappa shape index (κ1) is 15.3. The van der Waals surface area contributed by atoms with E-state index in [0.29, 0.717) is 5.69 Å². The van der Waals surface area contributed by atoms with E-state index in [2.05, 4.69) is 15.3 Å². The number of aryl methyl sites for hydroxylation is 3. The van der Waals surface area contributed by atoms with Gasteiger partial charge in [-0.15, -0.1) is 0 Å². The Balaban J connectivity index is 1.88. The van der Waals surface area contributed by atoms with E-state index in [-0.39, 0.29) is 12.5 Å². The Morgan fingerprint density at radius 1 is 1.43 bits per heavy atom. The van der Waals surface area contributed by atoms with E-state index in [1.165, 1.54) is 5.56 Å². The number of nitrogens with one attached hydrogen (secondary N) is 2. The van der Waals surface area contributed by atoms with Crippen molar-refractivity contribution in [3.05, 3.63) is 53.2 Å². The van der Waals surface area contributed by atoms with E-state index in [1.54, 1.807) is 17.1 Å². The first-order valence-electron chi connectivity index (χ1n) is 7.48. The van der Waals surface area contributed by atoms with Crippen LogP contribution < -0.4 is 5.32 Å². The second-order valence-electron chi connectivity index (χ2n) is 5.79. The number of aromatic nitrogens is 3. The Labute approximate surface area is 134 Å². The van der Waals surface area contributed by atoms with Gasteiger partial charge in [0.2, 0.25) is 0 Å². The number of amides is 1. The number of rotatable bonds is 4. The van der Waals surface area contributed by atoms with Crippen molar-refractivity contribution < 1.29 is 9.90 Å². The van der Waals surface area contributed by atoms with Crippen LogP contribution in [0.25, 0.3) is 10.9 Å². The molecule has 1 aromatic carbocycles. The highest BCUT2D eigenvalue weighted by Gasteiger charge is 2.19. The molecule has 2 aromatic heterocycles. The maximum Gasteiger partial charge on any atom is 0.268 e. The lowest BCUT2D eigenvalue weighted by molar-refractivity contribution is 0.0909. The number of carbonyl (C=O) groups excluding carboxylic acids is 1. The molecule has 3 N–H and O–H groups in total. The van der Waals surface area contributed by atoms with Crippen LogP contribution in [0.1, 0.15) is 33.4 Å². The van der Waals surface area contributed by atoms with Gasteiger partial charge in [0.05, 0.1) is 30.9 Å². The summed E-state index contributed by atoms with van der Waals surface area (Å²) in [6.07, 6.45) is 3.28. The van der Waals surface area contributed by atoms with Gasteiger partial charge in [0.15, 0.2) is 0 Å². The number of fused-ring (bicyclic) bond motifs is 1. The van der Waals surface area contributed by atoms with Crippen LogP contribution in [0.2, 0.25) is 0 Å². The molecule has 1 amide bonds. The molecule has 1 atom stereocenters. The zero-order valence-corrected chi connectivity index (χ0v) is 13.4. The number of H-pyrrole nitrogens is 1. The van der Waals surface area contributed by atoms with Crippen molar-refractivity contribution in [1.29, 1.82) is 0 Å². The molecule has 0 unspecified atom stereocenters. The fourth-order valence-corrected chi connectivity index (χ4v) is 2.73. The average molecular weight is 312 g/mol. The van der Waals surface area contributed by atoms with E-state index in [0.717, 1.165) is 22.2 Å². The third-order valence-electron chi connectivity index (χ3n) is 4.29. The van der Waals surface area contributed by atoms with Crippen LogP contribution in [-0.4, -0.2) is 32.2 Å². The van der Waals surface area contributed by atoms with Crippen molar-refractivity contribution >= 4 is 16.8 Å². The summed E-state index contributed by atoms with van der Waals surface area (Å²) in [4.78, 5) is 19.7. The van der Waals surface area contributed by atoms with Crippen molar-refractivity contribution in [2.45, 2.75) is 19.9 Å². The molecule has 23 heavy (non-hydrogen) atoms. The highest BCUT2D eigenvalue weighted by atomic mass is 16.3. The Bertz CT molecular complexity index is 863. The lowest BCUT2D eigenvalue weighted by Gasteiger charge is -2.16. The molecule has 2 heterocycles. The second-order valence-corrected chi connectivity index (χ2v) is 5.79. The lowest BCUT2D eigenvalue weighted by Crippen LogP contribution is -2.32. The van der Waals surface area contributed by atoms with Gasteiger partial charge >= 0.3 is 0 Å². The third kappa shape index (κ3) is 2.73. The standard InChI is InChI=1S/C17H20N4O2/c1-10-4-5-13-12(11(10)2)6-14(19-13)17(23)20-15(8-22)16-7-18-9-21(16)3/h4-7,9,15,19,22H,8H2,1-3H3,(H,20,23)/t15-/m0/s1. The second kappa shape index (κ2) is 5.89. The van der Waals surface area contributed by atoms with Crippen molar-refractivity contribution in [3.63, 3.8) is 0 Å². The van der Waals surface area contributed by atoms with Crippen molar-refractivity contribution in [3.8, 4) is 0 Å². The fourth-order valence-electron chi connectivity index (χ4n) is 2.73. The smallest absolute Gasteiger partial charge is 0.268 e. The van der Waals surface area contributed by atoms with Gasteiger partial charge in [0.1, 0.15) is 5.69 Å². The van der Waals surface area contributed by atoms with Crippen LogP contribution in [0.3, 0.4) is 0 Å². The summed E-state index contributed by atoms with van der Waals surface area (Å²) in [6.45, 7) is 3.90. The summed E-state index contributed by atoms with van der Waals surface area (Å²) < 4.78 is 1.78.